The van der Waals surface area contributed by atoms with Crippen LogP contribution in [0.25, 0.3) is 0 Å². The Hall–Kier alpha value is -3.45. The van der Waals surface area contributed by atoms with Crippen molar-refractivity contribution in [2.45, 2.75) is 4.90 Å². The monoisotopic (exact) mass is 381 g/mol. The summed E-state index contributed by atoms with van der Waals surface area (Å²) in [6, 6.07) is 20.8. The lowest BCUT2D eigenvalue weighted by Crippen LogP contribution is -2.37. The lowest BCUT2D eigenvalue weighted by Gasteiger charge is -2.22. The van der Waals surface area contributed by atoms with Crippen molar-refractivity contribution in [2.75, 3.05) is 4.31 Å². The molecule has 0 spiro atoms. The molecule has 0 aromatic heterocycles. The number of amides is 1. The molecule has 0 aliphatic rings. The first-order chi connectivity index (χ1) is 12.9. The molecule has 0 aliphatic carbocycles. The maximum atomic E-state index is 13.2. The standard InChI is InChI=1S/C20H15NO5S/c22-19(15-7-3-1-4-8-15)21(17-9-5-2-6-10-17)27(25,26)18-13-11-16(12-14-18)20(23)24/h1-14H,(H,23,24). The maximum Gasteiger partial charge on any atom is 0.335 e. The number of aromatic carboxylic acids is 1. The summed E-state index contributed by atoms with van der Waals surface area (Å²) in [6.45, 7) is 0. The molecule has 3 aromatic rings. The highest BCUT2D eigenvalue weighted by molar-refractivity contribution is 7.93. The Labute approximate surface area is 156 Å². The third-order valence-corrected chi connectivity index (χ3v) is 5.56. The number of carboxylic acids is 1. The van der Waals surface area contributed by atoms with E-state index in [9.17, 15) is 18.0 Å². The van der Waals surface area contributed by atoms with Crippen LogP contribution >= 0.6 is 0 Å². The lowest BCUT2D eigenvalue weighted by atomic mass is 10.2. The van der Waals surface area contributed by atoms with Gasteiger partial charge in [0.05, 0.1) is 16.1 Å². The highest BCUT2D eigenvalue weighted by atomic mass is 32.2. The van der Waals surface area contributed by atoms with Crippen LogP contribution in [0.1, 0.15) is 20.7 Å². The van der Waals surface area contributed by atoms with Crippen LogP contribution in [0.4, 0.5) is 5.69 Å². The van der Waals surface area contributed by atoms with E-state index in [4.69, 9.17) is 5.11 Å². The van der Waals surface area contributed by atoms with Crippen molar-refractivity contribution in [3.05, 3.63) is 96.1 Å². The van der Waals surface area contributed by atoms with Gasteiger partial charge in [-0.1, -0.05) is 36.4 Å². The normalized spacial score (nSPS) is 11.0. The van der Waals surface area contributed by atoms with E-state index < -0.39 is 21.9 Å². The average Bonchev–Trinajstić information content (AvgIpc) is 2.69. The highest BCUT2D eigenvalue weighted by Gasteiger charge is 2.31. The van der Waals surface area contributed by atoms with Gasteiger partial charge in [0.2, 0.25) is 0 Å². The zero-order valence-corrected chi connectivity index (χ0v) is 14.8. The summed E-state index contributed by atoms with van der Waals surface area (Å²) in [5.74, 6) is -1.87. The van der Waals surface area contributed by atoms with Crippen LogP contribution in [0.3, 0.4) is 0 Å². The molecule has 0 bridgehead atoms. The first kappa shape index (κ1) is 18.3. The maximum absolute atomic E-state index is 13.2. The molecule has 0 aliphatic heterocycles. The number of anilines is 1. The summed E-state index contributed by atoms with van der Waals surface area (Å²) in [4.78, 5) is 23.8. The van der Waals surface area contributed by atoms with Gasteiger partial charge in [0.1, 0.15) is 0 Å². The predicted molar refractivity (Wildman–Crippen MR) is 100 cm³/mol. The zero-order chi connectivity index (χ0) is 19.4. The Morgan fingerprint density at radius 3 is 1.74 bits per heavy atom. The summed E-state index contributed by atoms with van der Waals surface area (Å²) >= 11 is 0. The SMILES string of the molecule is O=C(O)c1ccc(S(=O)(=O)N(C(=O)c2ccccc2)c2ccccc2)cc1. The van der Waals surface area contributed by atoms with Gasteiger partial charge in [-0.25, -0.2) is 13.2 Å². The fourth-order valence-corrected chi connectivity index (χ4v) is 3.92. The molecular formula is C20H15NO5S. The van der Waals surface area contributed by atoms with Crippen LogP contribution in [-0.2, 0) is 10.0 Å². The van der Waals surface area contributed by atoms with Gasteiger partial charge in [-0.05, 0) is 48.5 Å². The van der Waals surface area contributed by atoms with Gasteiger partial charge in [-0.2, -0.15) is 4.31 Å². The fraction of sp³-hybridized carbons (Fsp3) is 0. The minimum absolute atomic E-state index is 0.0467. The Morgan fingerprint density at radius 1 is 0.704 bits per heavy atom. The van der Waals surface area contributed by atoms with E-state index in [0.717, 1.165) is 4.31 Å². The van der Waals surface area contributed by atoms with E-state index in [1.165, 1.54) is 48.5 Å². The van der Waals surface area contributed by atoms with E-state index in [2.05, 4.69) is 0 Å². The first-order valence-electron chi connectivity index (χ1n) is 7.94. The molecule has 1 amide bonds. The minimum atomic E-state index is -4.25. The molecule has 6 nitrogen and oxygen atoms in total. The molecule has 0 saturated carbocycles. The van der Waals surface area contributed by atoms with Crippen LogP contribution in [0.2, 0.25) is 0 Å². The van der Waals surface area contributed by atoms with Crippen LogP contribution in [0, 0.1) is 0 Å². The van der Waals surface area contributed by atoms with Gasteiger partial charge >= 0.3 is 5.97 Å². The summed E-state index contributed by atoms with van der Waals surface area (Å²) in [5, 5.41) is 8.99. The quantitative estimate of drug-likeness (QED) is 0.731. The summed E-state index contributed by atoms with van der Waals surface area (Å²) in [5.41, 5.74) is 0.357. The largest absolute Gasteiger partial charge is 0.478 e. The van der Waals surface area contributed by atoms with Crippen molar-refractivity contribution < 1.29 is 23.1 Å². The molecule has 0 fully saturated rings. The molecule has 3 aromatic carbocycles. The van der Waals surface area contributed by atoms with E-state index >= 15 is 0 Å². The zero-order valence-electron chi connectivity index (χ0n) is 14.0. The second kappa shape index (κ2) is 7.43. The van der Waals surface area contributed by atoms with Gasteiger partial charge in [0.15, 0.2) is 0 Å². The van der Waals surface area contributed by atoms with E-state index in [-0.39, 0.29) is 21.7 Å². The van der Waals surface area contributed by atoms with Crippen LogP contribution in [0.15, 0.2) is 89.8 Å². The van der Waals surface area contributed by atoms with Gasteiger partial charge < -0.3 is 5.11 Å². The number of hydrogen-bond acceptors (Lipinski definition) is 4. The van der Waals surface area contributed by atoms with Crippen LogP contribution in [0.5, 0.6) is 0 Å². The van der Waals surface area contributed by atoms with Gasteiger partial charge in [-0.3, -0.25) is 4.79 Å². The number of sulfonamides is 1. The molecule has 0 atom stereocenters. The van der Waals surface area contributed by atoms with Crippen molar-refractivity contribution in [1.29, 1.82) is 0 Å². The molecule has 7 heteroatoms. The van der Waals surface area contributed by atoms with Crippen molar-refractivity contribution in [1.82, 2.24) is 0 Å². The van der Waals surface area contributed by atoms with E-state index in [1.54, 1.807) is 36.4 Å². The summed E-state index contributed by atoms with van der Waals surface area (Å²) in [6.07, 6.45) is 0. The fourth-order valence-electron chi connectivity index (χ4n) is 2.50. The lowest BCUT2D eigenvalue weighted by molar-refractivity contribution is 0.0696. The summed E-state index contributed by atoms with van der Waals surface area (Å²) in [7, 11) is -4.25. The van der Waals surface area contributed by atoms with E-state index in [0.29, 0.717) is 0 Å². The summed E-state index contributed by atoms with van der Waals surface area (Å²) < 4.78 is 27.1. The van der Waals surface area contributed by atoms with Crippen LogP contribution in [-0.4, -0.2) is 25.4 Å². The van der Waals surface area contributed by atoms with Crippen molar-refractivity contribution in [2.24, 2.45) is 0 Å². The van der Waals surface area contributed by atoms with Crippen molar-refractivity contribution in [3.8, 4) is 0 Å². The Kier molecular flexibility index (Phi) is 5.05. The number of hydrogen-bond donors (Lipinski definition) is 1. The number of nitrogens with zero attached hydrogens (tertiary/aromatic N) is 1. The highest BCUT2D eigenvalue weighted by Crippen LogP contribution is 2.26. The Balaban J connectivity index is 2.12. The minimum Gasteiger partial charge on any atom is -0.478 e. The first-order valence-corrected chi connectivity index (χ1v) is 9.38. The number of carbonyl (C=O) groups excluding carboxylic acids is 1. The molecule has 0 saturated heterocycles. The number of benzene rings is 3. The second-order valence-corrected chi connectivity index (χ2v) is 7.39. The van der Waals surface area contributed by atoms with E-state index in [1.807, 2.05) is 0 Å². The number of para-hydroxylation sites is 1. The van der Waals surface area contributed by atoms with Crippen molar-refractivity contribution >= 4 is 27.6 Å². The molecule has 0 radical (unpaired) electrons. The molecular weight excluding hydrogens is 366 g/mol. The molecule has 0 heterocycles. The predicted octanol–water partition coefficient (Wildman–Crippen LogP) is 3.42. The molecule has 0 unspecified atom stereocenters. The van der Waals surface area contributed by atoms with Gasteiger partial charge in [0, 0.05) is 5.56 Å². The number of carboxylic acid groups (broad SMARTS) is 1. The Bertz CT molecular complexity index is 1060. The van der Waals surface area contributed by atoms with Crippen molar-refractivity contribution in [3.63, 3.8) is 0 Å². The number of carbonyl (C=O) groups is 2. The smallest absolute Gasteiger partial charge is 0.335 e. The van der Waals surface area contributed by atoms with Gasteiger partial charge in [0.25, 0.3) is 15.9 Å². The van der Waals surface area contributed by atoms with Crippen LogP contribution < -0.4 is 4.31 Å². The molecule has 136 valence electrons. The third-order valence-electron chi connectivity index (χ3n) is 3.84. The Morgan fingerprint density at radius 2 is 1.22 bits per heavy atom. The van der Waals surface area contributed by atoms with Gasteiger partial charge in [-0.15, -0.1) is 0 Å². The third kappa shape index (κ3) is 3.73. The molecule has 1 N–H and O–H groups in total. The topological polar surface area (TPSA) is 91.8 Å². The number of rotatable bonds is 5. The second-order valence-electron chi connectivity index (χ2n) is 5.61. The molecule has 27 heavy (non-hydrogen) atoms. The molecule has 3 rings (SSSR count). The average molecular weight is 381 g/mol.